The van der Waals surface area contributed by atoms with Gasteiger partial charge in [-0.25, -0.2) is 22.3 Å². The van der Waals surface area contributed by atoms with E-state index in [2.05, 4.69) is 4.72 Å². The molecule has 0 fully saturated rings. The summed E-state index contributed by atoms with van der Waals surface area (Å²) in [6.07, 6.45) is 1.42. The van der Waals surface area contributed by atoms with Crippen LogP contribution in [0.3, 0.4) is 0 Å². The molecule has 0 aromatic heterocycles. The van der Waals surface area contributed by atoms with Crippen molar-refractivity contribution in [2.45, 2.75) is 17.9 Å². The lowest BCUT2D eigenvalue weighted by Crippen LogP contribution is -2.36. The molecule has 0 aliphatic carbocycles. The molecule has 0 aliphatic rings. The minimum Gasteiger partial charge on any atom is -0.478 e. The van der Waals surface area contributed by atoms with Gasteiger partial charge in [0, 0.05) is 28.9 Å². The number of aromatic carboxylic acids is 1. The summed E-state index contributed by atoms with van der Waals surface area (Å²) in [5.74, 6) is -2.41. The van der Waals surface area contributed by atoms with Gasteiger partial charge in [0.2, 0.25) is 10.0 Å². The molecule has 0 spiro atoms. The summed E-state index contributed by atoms with van der Waals surface area (Å²) in [7, 11) is -5.33. The van der Waals surface area contributed by atoms with Crippen LogP contribution in [-0.2, 0) is 20.8 Å². The zero-order valence-corrected chi connectivity index (χ0v) is 12.4. The molecular weight excluding hydrogens is 309 g/mol. The maximum absolute atomic E-state index is 13.7. The van der Waals surface area contributed by atoms with E-state index >= 15 is 0 Å². The second-order valence-corrected chi connectivity index (χ2v) is 7.37. The van der Waals surface area contributed by atoms with E-state index < -0.39 is 43.5 Å². The summed E-state index contributed by atoms with van der Waals surface area (Å²) in [5.41, 5.74) is -0.343. The zero-order valence-electron chi connectivity index (χ0n) is 10.8. The summed E-state index contributed by atoms with van der Waals surface area (Å²) in [4.78, 5) is 10.0. The molecule has 0 heterocycles. The monoisotopic (exact) mass is 323 g/mol. The Kier molecular flexibility index (Phi) is 5.37. The Labute approximate surface area is 118 Å². The van der Waals surface area contributed by atoms with E-state index in [9.17, 15) is 21.8 Å². The highest BCUT2D eigenvalue weighted by atomic mass is 32.2. The maximum Gasteiger partial charge on any atom is 0.335 e. The molecule has 6 nitrogen and oxygen atoms in total. The summed E-state index contributed by atoms with van der Waals surface area (Å²) in [5, 5.41) is 8.68. The predicted octanol–water partition coefficient (Wildman–Crippen LogP) is 0.569. The highest BCUT2D eigenvalue weighted by Gasteiger charge is 2.22. The second kappa shape index (κ2) is 6.42. The fourth-order valence-electron chi connectivity index (χ4n) is 1.57. The molecule has 0 amide bonds. The van der Waals surface area contributed by atoms with Crippen LogP contribution in [0.25, 0.3) is 0 Å². The standard InChI is InChI=1S/C11H14FNO5S2/c1-7(6-19(2)16)13-20(17,18)10-4-3-8(11(14)15)5-9(10)12/h3-5,7,13H,6H2,1-2H3,(H,14,15). The Bertz CT molecular complexity index is 644. The topological polar surface area (TPSA) is 101 Å². The van der Waals surface area contributed by atoms with Crippen molar-refractivity contribution in [3.63, 3.8) is 0 Å². The first-order chi connectivity index (χ1) is 9.13. The van der Waals surface area contributed by atoms with Gasteiger partial charge < -0.3 is 5.11 Å². The van der Waals surface area contributed by atoms with Crippen molar-refractivity contribution < 1.29 is 26.9 Å². The molecule has 9 heteroatoms. The molecule has 2 atom stereocenters. The Balaban J connectivity index is 3.04. The van der Waals surface area contributed by atoms with Gasteiger partial charge in [-0.2, -0.15) is 0 Å². The summed E-state index contributed by atoms with van der Waals surface area (Å²) < 4.78 is 50.7. The van der Waals surface area contributed by atoms with Gasteiger partial charge in [0.05, 0.1) is 5.56 Å². The highest BCUT2D eigenvalue weighted by Crippen LogP contribution is 2.16. The molecule has 0 aliphatic heterocycles. The molecule has 1 aromatic carbocycles. The Morgan fingerprint density at radius 2 is 2.10 bits per heavy atom. The normalized spacial score (nSPS) is 14.8. The fraction of sp³-hybridized carbons (Fsp3) is 0.364. The van der Waals surface area contributed by atoms with Crippen molar-refractivity contribution in [3.05, 3.63) is 29.6 Å². The summed E-state index contributed by atoms with van der Waals surface area (Å²) >= 11 is 0. The zero-order chi connectivity index (χ0) is 15.5. The number of carboxylic acid groups (broad SMARTS) is 1. The van der Waals surface area contributed by atoms with Crippen LogP contribution in [0.1, 0.15) is 17.3 Å². The summed E-state index contributed by atoms with van der Waals surface area (Å²) in [6.45, 7) is 1.50. The van der Waals surface area contributed by atoms with E-state index in [1.165, 1.54) is 13.2 Å². The molecule has 2 unspecified atom stereocenters. The van der Waals surface area contributed by atoms with E-state index in [1.807, 2.05) is 0 Å². The Hall–Kier alpha value is -1.32. The largest absolute Gasteiger partial charge is 0.478 e. The Morgan fingerprint density at radius 3 is 2.55 bits per heavy atom. The van der Waals surface area contributed by atoms with Crippen LogP contribution in [0, 0.1) is 5.82 Å². The minimum absolute atomic E-state index is 0.0913. The number of carboxylic acids is 1. The first kappa shape index (κ1) is 16.7. The van der Waals surface area contributed by atoms with Crippen molar-refractivity contribution in [1.82, 2.24) is 4.72 Å². The number of halogens is 1. The number of benzene rings is 1. The SMILES string of the molecule is CC(CS(C)=O)NS(=O)(=O)c1ccc(C(=O)O)cc1F. The molecule has 0 saturated carbocycles. The van der Waals surface area contributed by atoms with E-state index in [-0.39, 0.29) is 11.3 Å². The first-order valence-electron chi connectivity index (χ1n) is 5.48. The lowest BCUT2D eigenvalue weighted by atomic mass is 10.2. The van der Waals surface area contributed by atoms with Gasteiger partial charge >= 0.3 is 5.97 Å². The average Bonchev–Trinajstić information content (AvgIpc) is 2.25. The molecular formula is C11H14FNO5S2. The van der Waals surface area contributed by atoms with Crippen LogP contribution in [0.2, 0.25) is 0 Å². The molecule has 0 saturated heterocycles. The number of hydrogen-bond acceptors (Lipinski definition) is 4. The number of rotatable bonds is 6. The van der Waals surface area contributed by atoms with Crippen molar-refractivity contribution in [3.8, 4) is 0 Å². The molecule has 20 heavy (non-hydrogen) atoms. The molecule has 112 valence electrons. The molecule has 2 N–H and O–H groups in total. The maximum atomic E-state index is 13.7. The van der Waals surface area contributed by atoms with Crippen LogP contribution >= 0.6 is 0 Å². The van der Waals surface area contributed by atoms with E-state index in [1.54, 1.807) is 0 Å². The van der Waals surface area contributed by atoms with E-state index in [0.29, 0.717) is 6.07 Å². The van der Waals surface area contributed by atoms with Crippen LogP contribution in [0.5, 0.6) is 0 Å². The lowest BCUT2D eigenvalue weighted by Gasteiger charge is -2.13. The quantitative estimate of drug-likeness (QED) is 0.797. The van der Waals surface area contributed by atoms with Crippen LogP contribution in [0.4, 0.5) is 4.39 Å². The number of hydrogen-bond donors (Lipinski definition) is 2. The first-order valence-corrected chi connectivity index (χ1v) is 8.69. The molecule has 1 aromatic rings. The van der Waals surface area contributed by atoms with E-state index in [4.69, 9.17) is 5.11 Å². The smallest absolute Gasteiger partial charge is 0.335 e. The third-order valence-corrected chi connectivity index (χ3v) is 4.90. The van der Waals surface area contributed by atoms with Crippen LogP contribution < -0.4 is 4.72 Å². The third-order valence-electron chi connectivity index (χ3n) is 2.31. The van der Waals surface area contributed by atoms with Gasteiger partial charge in [-0.05, 0) is 25.1 Å². The average molecular weight is 323 g/mol. The van der Waals surface area contributed by atoms with Gasteiger partial charge in [-0.1, -0.05) is 0 Å². The van der Waals surface area contributed by atoms with Crippen molar-refractivity contribution in [2.24, 2.45) is 0 Å². The van der Waals surface area contributed by atoms with Crippen LogP contribution in [-0.4, -0.2) is 41.8 Å². The van der Waals surface area contributed by atoms with Gasteiger partial charge in [0.25, 0.3) is 0 Å². The van der Waals surface area contributed by atoms with Gasteiger partial charge in [0.15, 0.2) is 0 Å². The van der Waals surface area contributed by atoms with Crippen molar-refractivity contribution in [2.75, 3.05) is 12.0 Å². The predicted molar refractivity (Wildman–Crippen MR) is 72.1 cm³/mol. The van der Waals surface area contributed by atoms with Crippen molar-refractivity contribution in [1.29, 1.82) is 0 Å². The number of sulfonamides is 1. The van der Waals surface area contributed by atoms with Crippen molar-refractivity contribution >= 4 is 26.8 Å². The summed E-state index contributed by atoms with van der Waals surface area (Å²) in [6, 6.07) is 1.89. The fourth-order valence-corrected chi connectivity index (χ4v) is 3.76. The van der Waals surface area contributed by atoms with Gasteiger partial charge in [0.1, 0.15) is 10.7 Å². The second-order valence-electron chi connectivity index (χ2n) is 4.21. The molecule has 1 rings (SSSR count). The minimum atomic E-state index is -4.13. The number of nitrogens with one attached hydrogen (secondary N) is 1. The highest BCUT2D eigenvalue weighted by molar-refractivity contribution is 7.89. The van der Waals surface area contributed by atoms with Crippen LogP contribution in [0.15, 0.2) is 23.1 Å². The lowest BCUT2D eigenvalue weighted by molar-refractivity contribution is 0.0696. The Morgan fingerprint density at radius 1 is 1.50 bits per heavy atom. The van der Waals surface area contributed by atoms with Gasteiger partial charge in [-0.15, -0.1) is 0 Å². The number of carbonyl (C=O) groups is 1. The molecule has 0 bridgehead atoms. The van der Waals surface area contributed by atoms with E-state index in [0.717, 1.165) is 12.1 Å². The van der Waals surface area contributed by atoms with Gasteiger partial charge in [-0.3, -0.25) is 4.21 Å². The molecule has 0 radical (unpaired) electrons. The third kappa shape index (κ3) is 4.36.